The molecule has 0 amide bonds. The molecule has 0 unspecified atom stereocenters. The first-order chi connectivity index (χ1) is 18.3. The molecule has 1 N–H and O–H groups in total. The van der Waals surface area contributed by atoms with E-state index in [9.17, 15) is 31.4 Å². The molecule has 4 heterocycles. The van der Waals surface area contributed by atoms with E-state index < -0.39 is 35.6 Å². The smallest absolute Gasteiger partial charge is 0.416 e. The van der Waals surface area contributed by atoms with Crippen LogP contribution in [0.3, 0.4) is 0 Å². The van der Waals surface area contributed by atoms with E-state index in [0.29, 0.717) is 41.7 Å². The highest BCUT2D eigenvalue weighted by atomic mass is 79.9. The van der Waals surface area contributed by atoms with Crippen molar-refractivity contribution in [2.45, 2.75) is 43.9 Å². The summed E-state index contributed by atoms with van der Waals surface area (Å²) in [4.78, 5) is 4.37. The first kappa shape index (κ1) is 30.3. The summed E-state index contributed by atoms with van der Waals surface area (Å²) >= 11 is 0. The number of hydrogen-bond acceptors (Lipinski definition) is 3. The molecule has 0 saturated carbocycles. The SMILES string of the molecule is C=C[C@H]1C[N@+]2(Cc3cc(C(F)(F)F)cc(C(F)(F)F)c3)CC[C@H]1C[C@@H]2[C@H](O)c1ccnc2ccc(OC)cc12.[Br-]. The Bertz CT molecular complexity index is 1360. The second-order valence-corrected chi connectivity index (χ2v) is 10.7. The summed E-state index contributed by atoms with van der Waals surface area (Å²) in [5, 5.41) is 12.5. The molecule has 5 atom stereocenters. The number of pyridine rings is 1. The topological polar surface area (TPSA) is 42.4 Å². The van der Waals surface area contributed by atoms with Crippen molar-refractivity contribution in [1.29, 1.82) is 0 Å². The van der Waals surface area contributed by atoms with Gasteiger partial charge in [-0.1, -0.05) is 6.08 Å². The van der Waals surface area contributed by atoms with Crippen LogP contribution in [0.4, 0.5) is 26.3 Å². The van der Waals surface area contributed by atoms with Crippen molar-refractivity contribution in [2.75, 3.05) is 20.2 Å². The number of aliphatic hydroxyl groups is 1. The largest absolute Gasteiger partial charge is 1.00 e. The number of piperidine rings is 3. The summed E-state index contributed by atoms with van der Waals surface area (Å²) in [6, 6.07) is 8.34. The van der Waals surface area contributed by atoms with Crippen LogP contribution in [0.5, 0.6) is 5.75 Å². The lowest BCUT2D eigenvalue weighted by atomic mass is 9.71. The van der Waals surface area contributed by atoms with Crippen molar-refractivity contribution in [3.8, 4) is 5.75 Å². The molecule has 0 spiro atoms. The van der Waals surface area contributed by atoms with Gasteiger partial charge in [-0.2, -0.15) is 26.3 Å². The van der Waals surface area contributed by atoms with Crippen molar-refractivity contribution in [2.24, 2.45) is 11.8 Å². The minimum Gasteiger partial charge on any atom is -1.00 e. The van der Waals surface area contributed by atoms with Crippen molar-refractivity contribution < 1.29 is 57.7 Å². The fourth-order valence-corrected chi connectivity index (χ4v) is 6.59. The lowest BCUT2D eigenvalue weighted by Gasteiger charge is -2.58. The maximum absolute atomic E-state index is 13.6. The van der Waals surface area contributed by atoms with Crippen LogP contribution in [0.15, 0.2) is 61.3 Å². The molecule has 40 heavy (non-hydrogen) atoms. The number of benzene rings is 2. The van der Waals surface area contributed by atoms with Gasteiger partial charge in [0.15, 0.2) is 0 Å². The van der Waals surface area contributed by atoms with Gasteiger partial charge in [-0.3, -0.25) is 4.98 Å². The first-order valence-electron chi connectivity index (χ1n) is 12.7. The van der Waals surface area contributed by atoms with Crippen molar-refractivity contribution in [3.05, 3.63) is 83.6 Å². The molecule has 11 heteroatoms. The predicted octanol–water partition coefficient (Wildman–Crippen LogP) is 3.93. The number of quaternary nitrogens is 1. The molecule has 3 aromatic rings. The number of hydrogen-bond donors (Lipinski definition) is 1. The Hall–Kier alpha value is -2.63. The van der Waals surface area contributed by atoms with E-state index in [-0.39, 0.29) is 51.5 Å². The maximum atomic E-state index is 13.6. The van der Waals surface area contributed by atoms with E-state index in [4.69, 9.17) is 4.74 Å². The van der Waals surface area contributed by atoms with E-state index in [0.717, 1.165) is 18.6 Å². The second kappa shape index (κ2) is 11.0. The lowest BCUT2D eigenvalue weighted by molar-refractivity contribution is -0.984. The van der Waals surface area contributed by atoms with Crippen molar-refractivity contribution in [3.63, 3.8) is 0 Å². The van der Waals surface area contributed by atoms with E-state index in [1.54, 1.807) is 30.5 Å². The maximum Gasteiger partial charge on any atom is 0.416 e. The molecule has 216 valence electrons. The second-order valence-electron chi connectivity index (χ2n) is 10.7. The number of nitrogens with zero attached hydrogens (tertiary/aromatic N) is 2. The zero-order valence-corrected chi connectivity index (χ0v) is 23.2. The Morgan fingerprint density at radius 3 is 2.35 bits per heavy atom. The minimum atomic E-state index is -4.93. The quantitative estimate of drug-likeness (QED) is 0.255. The van der Waals surface area contributed by atoms with E-state index in [1.165, 1.54) is 7.11 Å². The molecule has 6 rings (SSSR count). The highest BCUT2D eigenvalue weighted by Crippen LogP contribution is 2.48. The summed E-state index contributed by atoms with van der Waals surface area (Å²) in [7, 11) is 1.53. The number of alkyl halides is 6. The van der Waals surface area contributed by atoms with Crippen LogP contribution in [-0.2, 0) is 18.9 Å². The molecule has 1 aromatic heterocycles. The summed E-state index contributed by atoms with van der Waals surface area (Å²) < 4.78 is 87.2. The third-order valence-electron chi connectivity index (χ3n) is 8.49. The number of fused-ring (bicyclic) bond motifs is 4. The van der Waals surface area contributed by atoms with Crippen LogP contribution in [0.25, 0.3) is 10.9 Å². The van der Waals surface area contributed by atoms with Gasteiger partial charge in [-0.15, -0.1) is 6.58 Å². The molecule has 3 aliphatic heterocycles. The van der Waals surface area contributed by atoms with Crippen LogP contribution in [0.1, 0.15) is 41.2 Å². The molecule has 3 fully saturated rings. The molecule has 3 aliphatic rings. The Labute approximate surface area is 238 Å². The number of aliphatic hydroxyl groups excluding tert-OH is 1. The van der Waals surface area contributed by atoms with E-state index >= 15 is 0 Å². The third kappa shape index (κ3) is 5.60. The van der Waals surface area contributed by atoms with Crippen LogP contribution < -0.4 is 21.7 Å². The van der Waals surface area contributed by atoms with Crippen LogP contribution >= 0.6 is 0 Å². The van der Waals surface area contributed by atoms with Gasteiger partial charge in [0.25, 0.3) is 0 Å². The van der Waals surface area contributed by atoms with Crippen LogP contribution in [0.2, 0.25) is 0 Å². The van der Waals surface area contributed by atoms with Crippen molar-refractivity contribution in [1.82, 2.24) is 4.98 Å². The molecular formula is C29H29BrF6N2O2. The summed E-state index contributed by atoms with van der Waals surface area (Å²) in [5.41, 5.74) is -1.47. The van der Waals surface area contributed by atoms with Gasteiger partial charge < -0.3 is 31.3 Å². The number of halogens is 7. The Balaban J connectivity index is 0.00000370. The molecule has 2 bridgehead atoms. The number of ether oxygens (including phenoxy) is 1. The zero-order chi connectivity index (χ0) is 28.2. The van der Waals surface area contributed by atoms with Crippen molar-refractivity contribution >= 4 is 10.9 Å². The van der Waals surface area contributed by atoms with Gasteiger partial charge in [-0.05, 0) is 53.9 Å². The van der Waals surface area contributed by atoms with Gasteiger partial charge in [0.1, 0.15) is 24.4 Å². The minimum absolute atomic E-state index is 0. The summed E-state index contributed by atoms with van der Waals surface area (Å²) in [6.45, 7) is 4.86. The fraction of sp³-hybridized carbons (Fsp3) is 0.414. The molecule has 0 radical (unpaired) electrons. The van der Waals surface area contributed by atoms with Crippen LogP contribution in [0, 0.1) is 11.8 Å². The fourth-order valence-electron chi connectivity index (χ4n) is 6.59. The van der Waals surface area contributed by atoms with Gasteiger partial charge in [0.2, 0.25) is 0 Å². The Kier molecular flexibility index (Phi) is 8.33. The zero-order valence-electron chi connectivity index (χ0n) is 21.6. The number of aromatic nitrogens is 1. The monoisotopic (exact) mass is 630 g/mol. The van der Waals surface area contributed by atoms with Gasteiger partial charge in [0.05, 0.1) is 36.8 Å². The molecule has 4 nitrogen and oxygen atoms in total. The van der Waals surface area contributed by atoms with Crippen LogP contribution in [-0.4, -0.2) is 40.8 Å². The highest BCUT2D eigenvalue weighted by molar-refractivity contribution is 5.83. The first-order valence-corrected chi connectivity index (χ1v) is 12.7. The summed E-state index contributed by atoms with van der Waals surface area (Å²) in [6.07, 6.45) is -6.16. The number of methoxy groups -OCH3 is 1. The van der Waals surface area contributed by atoms with Gasteiger partial charge in [-0.25, -0.2) is 0 Å². The predicted molar refractivity (Wildman–Crippen MR) is 134 cm³/mol. The van der Waals surface area contributed by atoms with E-state index in [1.807, 2.05) is 6.08 Å². The summed E-state index contributed by atoms with van der Waals surface area (Å²) in [5.74, 6) is 0.843. The average Bonchev–Trinajstić information content (AvgIpc) is 2.90. The lowest BCUT2D eigenvalue weighted by Crippen LogP contribution is -3.00. The van der Waals surface area contributed by atoms with E-state index in [2.05, 4.69) is 11.6 Å². The standard InChI is InChI=1S/C29H29F6N2O2.BrH/c1-3-18-16-37(15-17-10-20(28(30,31)32)13-21(11-17)29(33,34)35)9-7-19(18)12-26(37)27(38)23-6-8-36-25-5-4-22(39-2)14-24(23)25;/h3-6,8,10-11,13-14,18-19,26-27,38H,1,7,9,12,15-16H2,2H3;1H/q+1;/p-1/t18-,19-,26+,27+,37+;/m0./s1. The molecule has 2 aromatic carbocycles. The van der Waals surface area contributed by atoms with Gasteiger partial charge >= 0.3 is 12.4 Å². The molecule has 0 aliphatic carbocycles. The Morgan fingerprint density at radius 1 is 1.07 bits per heavy atom. The Morgan fingerprint density at radius 2 is 1.75 bits per heavy atom. The normalized spacial score (nSPS) is 25.4. The molecular weight excluding hydrogens is 602 g/mol. The average molecular weight is 631 g/mol. The van der Waals surface area contributed by atoms with Gasteiger partial charge in [0, 0.05) is 35.9 Å². The highest BCUT2D eigenvalue weighted by Gasteiger charge is 2.54. The molecule has 3 saturated heterocycles. The number of rotatable bonds is 6. The third-order valence-corrected chi connectivity index (χ3v) is 8.49.